The number of pyridine rings is 1. The second-order valence-electron chi connectivity index (χ2n) is 9.87. The topological polar surface area (TPSA) is 81.0 Å². The average molecular weight is 554 g/mol. The average Bonchev–Trinajstić information content (AvgIpc) is 3.21. The lowest BCUT2D eigenvalue weighted by molar-refractivity contribution is 0.0907. The number of nitrogens with one attached hydrogen (secondary N) is 2. The number of halogens is 3. The maximum absolute atomic E-state index is 13.6. The minimum absolute atomic E-state index is 0.0908. The summed E-state index contributed by atoms with van der Waals surface area (Å²) in [6.07, 6.45) is 1.93. The number of rotatable bonds is 8. The quantitative estimate of drug-likeness (QED) is 0.272. The first-order valence-corrected chi connectivity index (χ1v) is 13.5. The van der Waals surface area contributed by atoms with Crippen molar-refractivity contribution in [2.24, 2.45) is 5.92 Å². The molecule has 2 aromatic carbocycles. The zero-order valence-electron chi connectivity index (χ0n) is 21.5. The fourth-order valence-corrected chi connectivity index (χ4v) is 5.54. The van der Waals surface area contributed by atoms with E-state index in [4.69, 9.17) is 11.6 Å². The van der Waals surface area contributed by atoms with Crippen molar-refractivity contribution >= 4 is 34.4 Å². The molecule has 1 aliphatic carbocycles. The molecule has 0 spiro atoms. The van der Waals surface area contributed by atoms with Crippen molar-refractivity contribution in [1.82, 2.24) is 19.4 Å². The number of carbonyl (C=O) groups excluding carboxylic acids is 1. The standard InChI is InChI=1S/C29H30ClF2N5O2/c1-2-33-26-14-12-21(16-34-26)37-25-6-4-3-5-24(25)36(29(37)39)17-18-7-10-20(11-8-18)35-28(38)23-15-19(30)9-13-22(23)27(31)32/h3-6,9,12-16,18,20,27H,2,7-8,10-11,17H2,1H3,(H,33,34)(H,35,38)/t18-,20-. The van der Waals surface area contributed by atoms with Crippen molar-refractivity contribution in [2.75, 3.05) is 11.9 Å². The second-order valence-corrected chi connectivity index (χ2v) is 10.3. The van der Waals surface area contributed by atoms with E-state index in [1.165, 1.54) is 18.2 Å². The summed E-state index contributed by atoms with van der Waals surface area (Å²) in [7, 11) is 0. The van der Waals surface area contributed by atoms with Crippen LogP contribution in [0, 0.1) is 5.92 Å². The minimum Gasteiger partial charge on any atom is -0.370 e. The van der Waals surface area contributed by atoms with Crippen molar-refractivity contribution in [2.45, 2.75) is 51.6 Å². The molecule has 1 amide bonds. The number of alkyl halides is 2. The SMILES string of the molecule is CCNc1ccc(-n2c(=O)n(C[C@H]3CC[C@H](NC(=O)c4cc(Cl)ccc4C(F)F)CC3)c3ccccc32)cn1. The third kappa shape index (κ3) is 5.68. The summed E-state index contributed by atoms with van der Waals surface area (Å²) >= 11 is 5.96. The minimum atomic E-state index is -2.76. The smallest absolute Gasteiger partial charge is 0.333 e. The molecule has 0 unspecified atom stereocenters. The van der Waals surface area contributed by atoms with E-state index in [0.29, 0.717) is 25.1 Å². The first-order chi connectivity index (χ1) is 18.9. The van der Waals surface area contributed by atoms with E-state index >= 15 is 0 Å². The lowest BCUT2D eigenvalue weighted by Gasteiger charge is -2.29. The highest BCUT2D eigenvalue weighted by Crippen LogP contribution is 2.29. The van der Waals surface area contributed by atoms with Crippen LogP contribution in [0.15, 0.2) is 65.6 Å². The van der Waals surface area contributed by atoms with Gasteiger partial charge < -0.3 is 10.6 Å². The predicted octanol–water partition coefficient (Wildman–Crippen LogP) is 6.20. The summed E-state index contributed by atoms with van der Waals surface area (Å²) in [5.74, 6) is 0.458. The molecule has 7 nitrogen and oxygen atoms in total. The van der Waals surface area contributed by atoms with Gasteiger partial charge in [0.25, 0.3) is 12.3 Å². The number of para-hydroxylation sites is 2. The maximum Gasteiger partial charge on any atom is 0.333 e. The second kappa shape index (κ2) is 11.6. The fourth-order valence-electron chi connectivity index (χ4n) is 5.36. The molecule has 0 radical (unpaired) electrons. The molecule has 39 heavy (non-hydrogen) atoms. The molecule has 2 heterocycles. The Morgan fingerprint density at radius 1 is 1.08 bits per heavy atom. The molecule has 5 rings (SSSR count). The fraction of sp³-hybridized carbons (Fsp3) is 0.345. The van der Waals surface area contributed by atoms with Crippen molar-refractivity contribution in [1.29, 1.82) is 0 Å². The van der Waals surface area contributed by atoms with Crippen LogP contribution in [-0.2, 0) is 6.54 Å². The van der Waals surface area contributed by atoms with E-state index in [0.717, 1.165) is 36.2 Å². The Morgan fingerprint density at radius 3 is 2.49 bits per heavy atom. The van der Waals surface area contributed by atoms with E-state index in [-0.39, 0.29) is 33.8 Å². The molecule has 0 aliphatic heterocycles. The summed E-state index contributed by atoms with van der Waals surface area (Å²) in [5, 5.41) is 6.31. The maximum atomic E-state index is 13.6. The van der Waals surface area contributed by atoms with Gasteiger partial charge in [0.2, 0.25) is 0 Å². The van der Waals surface area contributed by atoms with Gasteiger partial charge >= 0.3 is 5.69 Å². The molecule has 0 bridgehead atoms. The molecule has 10 heteroatoms. The van der Waals surface area contributed by atoms with Crippen molar-refractivity contribution < 1.29 is 13.6 Å². The molecular weight excluding hydrogens is 524 g/mol. The summed E-state index contributed by atoms with van der Waals surface area (Å²) in [5.41, 5.74) is 1.84. The molecule has 0 saturated heterocycles. The summed E-state index contributed by atoms with van der Waals surface area (Å²) in [6.45, 7) is 3.31. The van der Waals surface area contributed by atoms with E-state index in [9.17, 15) is 18.4 Å². The third-order valence-corrected chi connectivity index (χ3v) is 7.55. The highest BCUT2D eigenvalue weighted by molar-refractivity contribution is 6.31. The number of carbonyl (C=O) groups is 1. The van der Waals surface area contributed by atoms with Crippen molar-refractivity contribution in [3.63, 3.8) is 0 Å². The number of anilines is 1. The van der Waals surface area contributed by atoms with Crippen LogP contribution in [0.3, 0.4) is 0 Å². The van der Waals surface area contributed by atoms with Crippen LogP contribution in [0.2, 0.25) is 5.02 Å². The Morgan fingerprint density at radius 2 is 1.82 bits per heavy atom. The Hall–Kier alpha value is -3.72. The lowest BCUT2D eigenvalue weighted by Crippen LogP contribution is -2.39. The first kappa shape index (κ1) is 26.9. The van der Waals surface area contributed by atoms with Crippen LogP contribution in [0.1, 0.15) is 55.0 Å². The highest BCUT2D eigenvalue weighted by atomic mass is 35.5. The van der Waals surface area contributed by atoms with Crippen molar-refractivity contribution in [3.05, 3.63) is 87.4 Å². The number of nitrogens with zero attached hydrogens (tertiary/aromatic N) is 3. The lowest BCUT2D eigenvalue weighted by atomic mass is 9.85. The van der Waals surface area contributed by atoms with Gasteiger partial charge in [-0.3, -0.25) is 13.9 Å². The van der Waals surface area contributed by atoms with Crippen LogP contribution in [-0.4, -0.2) is 32.6 Å². The Labute approximate surface area is 229 Å². The summed E-state index contributed by atoms with van der Waals surface area (Å²) in [6, 6.07) is 15.2. The molecule has 2 N–H and O–H groups in total. The molecule has 1 saturated carbocycles. The largest absolute Gasteiger partial charge is 0.370 e. The molecule has 204 valence electrons. The van der Waals surface area contributed by atoms with Crippen molar-refractivity contribution in [3.8, 4) is 5.69 Å². The first-order valence-electron chi connectivity index (χ1n) is 13.1. The van der Waals surface area contributed by atoms with E-state index in [1.54, 1.807) is 10.8 Å². The number of hydrogen-bond acceptors (Lipinski definition) is 4. The highest BCUT2D eigenvalue weighted by Gasteiger charge is 2.27. The monoisotopic (exact) mass is 553 g/mol. The van der Waals surface area contributed by atoms with Crippen LogP contribution in [0.25, 0.3) is 16.7 Å². The van der Waals surface area contributed by atoms with E-state index < -0.39 is 12.3 Å². The molecule has 1 fully saturated rings. The van der Waals surface area contributed by atoms with Gasteiger partial charge in [0.15, 0.2) is 0 Å². The van der Waals surface area contributed by atoms with E-state index in [1.807, 2.05) is 47.9 Å². The Bertz CT molecular complexity index is 1530. The van der Waals surface area contributed by atoms with Gasteiger partial charge in [0.05, 0.1) is 22.9 Å². The molecule has 0 atom stereocenters. The van der Waals surface area contributed by atoms with Gasteiger partial charge in [0, 0.05) is 35.3 Å². The number of imidazole rings is 1. The summed E-state index contributed by atoms with van der Waals surface area (Å²) in [4.78, 5) is 30.8. The Kier molecular flexibility index (Phi) is 7.97. The van der Waals surface area contributed by atoms with Gasteiger partial charge in [-0.15, -0.1) is 0 Å². The molecule has 4 aromatic rings. The zero-order chi connectivity index (χ0) is 27.5. The molecule has 2 aromatic heterocycles. The van der Waals surface area contributed by atoms with E-state index in [2.05, 4.69) is 15.6 Å². The number of amides is 1. The van der Waals surface area contributed by atoms with Gasteiger partial charge in [-0.1, -0.05) is 29.8 Å². The number of aromatic nitrogens is 3. The third-order valence-electron chi connectivity index (χ3n) is 7.32. The zero-order valence-corrected chi connectivity index (χ0v) is 22.3. The molecule has 1 aliphatic rings. The predicted molar refractivity (Wildman–Crippen MR) is 149 cm³/mol. The number of fused-ring (bicyclic) bond motifs is 1. The van der Waals surface area contributed by atoms with Crippen LogP contribution < -0.4 is 16.3 Å². The van der Waals surface area contributed by atoms with Crippen LogP contribution in [0.4, 0.5) is 14.6 Å². The Balaban J connectivity index is 1.29. The van der Waals surface area contributed by atoms with Gasteiger partial charge in [0.1, 0.15) is 5.82 Å². The summed E-state index contributed by atoms with van der Waals surface area (Å²) < 4.78 is 30.3. The number of hydrogen-bond donors (Lipinski definition) is 2. The number of benzene rings is 2. The van der Waals surface area contributed by atoms with Crippen LogP contribution in [0.5, 0.6) is 0 Å². The molecular formula is C29H30ClF2N5O2. The van der Waals surface area contributed by atoms with Gasteiger partial charge in [-0.05, 0) is 74.9 Å². The normalized spacial score (nSPS) is 17.5. The van der Waals surface area contributed by atoms with Crippen LogP contribution >= 0.6 is 11.6 Å². The van der Waals surface area contributed by atoms with Gasteiger partial charge in [-0.2, -0.15) is 0 Å². The van der Waals surface area contributed by atoms with Gasteiger partial charge in [-0.25, -0.2) is 18.6 Å².